The minimum absolute atomic E-state index is 0.112. The molecule has 5 nitrogen and oxygen atoms in total. The zero-order valence-electron chi connectivity index (χ0n) is 13.5. The molecule has 0 spiro atoms. The van der Waals surface area contributed by atoms with Crippen molar-refractivity contribution in [3.8, 4) is 11.5 Å². The fraction of sp³-hybridized carbons (Fsp3) is 0.278. The average molecular weight is 332 g/mol. The maximum Gasteiger partial charge on any atom is 0.222 e. The van der Waals surface area contributed by atoms with E-state index in [-0.39, 0.29) is 24.2 Å². The van der Waals surface area contributed by atoms with Gasteiger partial charge in [0.1, 0.15) is 17.3 Å². The van der Waals surface area contributed by atoms with Gasteiger partial charge in [-0.05, 0) is 42.0 Å². The molecule has 0 aliphatic rings. The highest BCUT2D eigenvalue weighted by atomic mass is 19.1. The maximum atomic E-state index is 12.8. The maximum absolute atomic E-state index is 12.8. The van der Waals surface area contributed by atoms with Crippen molar-refractivity contribution >= 4 is 5.91 Å². The van der Waals surface area contributed by atoms with Crippen LogP contribution in [0.4, 0.5) is 4.39 Å². The van der Waals surface area contributed by atoms with Crippen LogP contribution in [0.1, 0.15) is 12.0 Å². The monoisotopic (exact) mass is 332 g/mol. The van der Waals surface area contributed by atoms with Gasteiger partial charge in [-0.25, -0.2) is 4.39 Å². The first-order chi connectivity index (χ1) is 11.6. The van der Waals surface area contributed by atoms with Crippen LogP contribution < -0.4 is 15.8 Å². The summed E-state index contributed by atoms with van der Waals surface area (Å²) in [7, 11) is 1.53. The highest BCUT2D eigenvalue weighted by molar-refractivity contribution is 5.76. The molecular weight excluding hydrogens is 311 g/mol. The standard InChI is InChI=1S/C18H21FN2O3/c1-23-17(11-20)10-18(22)21-12-13-2-6-15(7-3-13)24-16-8-4-14(19)5-9-16/h2-9,17H,10-12,20H2,1H3,(H,21,22). The van der Waals surface area contributed by atoms with E-state index in [0.29, 0.717) is 24.6 Å². The van der Waals surface area contributed by atoms with Crippen molar-refractivity contribution in [3.63, 3.8) is 0 Å². The molecule has 2 aromatic rings. The lowest BCUT2D eigenvalue weighted by Gasteiger charge is -2.12. The molecule has 1 amide bonds. The topological polar surface area (TPSA) is 73.6 Å². The molecule has 3 N–H and O–H groups in total. The summed E-state index contributed by atoms with van der Waals surface area (Å²) < 4.78 is 23.5. The molecule has 128 valence electrons. The predicted octanol–water partition coefficient (Wildman–Crippen LogP) is 2.60. The van der Waals surface area contributed by atoms with Crippen LogP contribution in [0.2, 0.25) is 0 Å². The molecule has 0 saturated carbocycles. The molecule has 0 heterocycles. The van der Waals surface area contributed by atoms with Gasteiger partial charge in [0.2, 0.25) is 5.91 Å². The van der Waals surface area contributed by atoms with Crippen LogP contribution in [0, 0.1) is 5.82 Å². The van der Waals surface area contributed by atoms with E-state index >= 15 is 0 Å². The normalized spacial score (nSPS) is 11.8. The van der Waals surface area contributed by atoms with E-state index in [9.17, 15) is 9.18 Å². The summed E-state index contributed by atoms with van der Waals surface area (Å²) in [6.07, 6.45) is -0.0323. The number of halogens is 1. The van der Waals surface area contributed by atoms with Gasteiger partial charge < -0.3 is 20.5 Å². The average Bonchev–Trinajstić information content (AvgIpc) is 2.61. The van der Waals surface area contributed by atoms with E-state index in [0.717, 1.165) is 5.56 Å². The van der Waals surface area contributed by atoms with Gasteiger partial charge in [-0.2, -0.15) is 0 Å². The Kier molecular flexibility index (Phi) is 6.72. The van der Waals surface area contributed by atoms with Crippen LogP contribution in [0.25, 0.3) is 0 Å². The Hall–Kier alpha value is -2.44. The fourth-order valence-corrected chi connectivity index (χ4v) is 2.06. The number of carbonyl (C=O) groups excluding carboxylic acids is 1. The molecule has 2 aromatic carbocycles. The number of methoxy groups -OCH3 is 1. The Morgan fingerprint density at radius 2 is 1.71 bits per heavy atom. The van der Waals surface area contributed by atoms with E-state index in [2.05, 4.69) is 5.32 Å². The molecule has 0 bridgehead atoms. The smallest absolute Gasteiger partial charge is 0.222 e. The third-order valence-electron chi connectivity index (χ3n) is 3.47. The Balaban J connectivity index is 1.83. The second-order valence-corrected chi connectivity index (χ2v) is 5.27. The van der Waals surface area contributed by atoms with Gasteiger partial charge in [-0.15, -0.1) is 0 Å². The molecule has 0 aliphatic heterocycles. The summed E-state index contributed by atoms with van der Waals surface area (Å²) in [5, 5.41) is 2.82. The van der Waals surface area contributed by atoms with Gasteiger partial charge in [-0.1, -0.05) is 12.1 Å². The number of hydrogen-bond acceptors (Lipinski definition) is 4. The molecular formula is C18H21FN2O3. The van der Waals surface area contributed by atoms with Gasteiger partial charge in [0.15, 0.2) is 0 Å². The number of amides is 1. The number of nitrogens with one attached hydrogen (secondary N) is 1. The number of hydrogen-bond donors (Lipinski definition) is 2. The zero-order chi connectivity index (χ0) is 17.4. The van der Waals surface area contributed by atoms with Gasteiger partial charge >= 0.3 is 0 Å². The van der Waals surface area contributed by atoms with Crippen LogP contribution in [0.15, 0.2) is 48.5 Å². The summed E-state index contributed by atoms with van der Waals surface area (Å²) >= 11 is 0. The van der Waals surface area contributed by atoms with Gasteiger partial charge in [-0.3, -0.25) is 4.79 Å². The van der Waals surface area contributed by atoms with Crippen LogP contribution >= 0.6 is 0 Å². The van der Waals surface area contributed by atoms with E-state index in [1.165, 1.54) is 19.2 Å². The molecule has 2 rings (SSSR count). The summed E-state index contributed by atoms with van der Waals surface area (Å²) in [4.78, 5) is 11.8. The van der Waals surface area contributed by atoms with Crippen molar-refractivity contribution in [3.05, 3.63) is 59.9 Å². The first-order valence-electron chi connectivity index (χ1n) is 7.62. The van der Waals surface area contributed by atoms with E-state index < -0.39 is 0 Å². The van der Waals surface area contributed by atoms with Crippen molar-refractivity contribution in [2.75, 3.05) is 13.7 Å². The highest BCUT2D eigenvalue weighted by Gasteiger charge is 2.10. The molecule has 6 heteroatoms. The van der Waals surface area contributed by atoms with Crippen LogP contribution in [-0.4, -0.2) is 25.7 Å². The Bertz CT molecular complexity index is 640. The van der Waals surface area contributed by atoms with Gasteiger partial charge in [0, 0.05) is 20.2 Å². The summed E-state index contributed by atoms with van der Waals surface area (Å²) in [5.41, 5.74) is 6.43. The molecule has 0 aromatic heterocycles. The number of carbonyl (C=O) groups is 1. The second kappa shape index (κ2) is 9.00. The zero-order valence-corrected chi connectivity index (χ0v) is 13.5. The summed E-state index contributed by atoms with van der Waals surface area (Å²) in [5.74, 6) is 0.779. The van der Waals surface area contributed by atoms with Gasteiger partial charge in [0.05, 0.1) is 12.5 Å². The minimum atomic E-state index is -0.307. The van der Waals surface area contributed by atoms with Crippen molar-refractivity contribution in [2.45, 2.75) is 19.1 Å². The highest BCUT2D eigenvalue weighted by Crippen LogP contribution is 2.21. The number of ether oxygens (including phenoxy) is 2. The third kappa shape index (κ3) is 5.64. The molecule has 0 aliphatic carbocycles. The van der Waals surface area contributed by atoms with Crippen molar-refractivity contribution < 1.29 is 18.7 Å². The van der Waals surface area contributed by atoms with Crippen LogP contribution in [0.5, 0.6) is 11.5 Å². The van der Waals surface area contributed by atoms with E-state index in [1.54, 1.807) is 24.3 Å². The van der Waals surface area contributed by atoms with E-state index in [4.69, 9.17) is 15.2 Å². The van der Waals surface area contributed by atoms with Crippen LogP contribution in [-0.2, 0) is 16.1 Å². The summed E-state index contributed by atoms with van der Waals surface area (Å²) in [6, 6.07) is 13.1. The molecule has 0 saturated heterocycles. The molecule has 24 heavy (non-hydrogen) atoms. The van der Waals surface area contributed by atoms with Crippen molar-refractivity contribution in [1.29, 1.82) is 0 Å². The van der Waals surface area contributed by atoms with Gasteiger partial charge in [0.25, 0.3) is 0 Å². The quantitative estimate of drug-likeness (QED) is 0.779. The third-order valence-corrected chi connectivity index (χ3v) is 3.47. The Labute approximate surface area is 140 Å². The summed E-state index contributed by atoms with van der Waals surface area (Å²) in [6.45, 7) is 0.718. The first kappa shape index (κ1) is 17.9. The largest absolute Gasteiger partial charge is 0.457 e. The lowest BCUT2D eigenvalue weighted by Crippen LogP contribution is -2.31. The SMILES string of the molecule is COC(CN)CC(=O)NCc1ccc(Oc2ccc(F)cc2)cc1. The fourth-order valence-electron chi connectivity index (χ4n) is 2.06. The van der Waals surface area contributed by atoms with Crippen molar-refractivity contribution in [2.24, 2.45) is 5.73 Å². The molecule has 0 radical (unpaired) electrons. The first-order valence-corrected chi connectivity index (χ1v) is 7.62. The predicted molar refractivity (Wildman–Crippen MR) is 89.2 cm³/mol. The minimum Gasteiger partial charge on any atom is -0.457 e. The lowest BCUT2D eigenvalue weighted by atomic mass is 10.2. The number of rotatable bonds is 8. The number of benzene rings is 2. The molecule has 1 unspecified atom stereocenters. The molecule has 1 atom stereocenters. The van der Waals surface area contributed by atoms with Crippen molar-refractivity contribution in [1.82, 2.24) is 5.32 Å². The van der Waals surface area contributed by atoms with Crippen LogP contribution in [0.3, 0.4) is 0 Å². The second-order valence-electron chi connectivity index (χ2n) is 5.27. The van der Waals surface area contributed by atoms with E-state index in [1.807, 2.05) is 12.1 Å². The molecule has 0 fully saturated rings. The Morgan fingerprint density at radius 3 is 2.25 bits per heavy atom. The number of nitrogens with two attached hydrogens (primary N) is 1. The lowest BCUT2D eigenvalue weighted by molar-refractivity contribution is -0.123. The Morgan fingerprint density at radius 1 is 1.12 bits per heavy atom.